The topological polar surface area (TPSA) is 125 Å². The normalized spacial score (nSPS) is 35.4. The summed E-state index contributed by atoms with van der Waals surface area (Å²) < 4.78 is 10.5. The monoisotopic (exact) mass is 571 g/mol. The van der Waals surface area contributed by atoms with Crippen LogP contribution in [0.15, 0.2) is 139 Å². The van der Waals surface area contributed by atoms with Crippen LogP contribution >= 0.6 is 0 Å². The molecule has 8 heteroatoms. The van der Waals surface area contributed by atoms with E-state index >= 15 is 0 Å². The molecule has 0 saturated carbocycles. The summed E-state index contributed by atoms with van der Waals surface area (Å²) >= 11 is 0. The van der Waals surface area contributed by atoms with E-state index in [1.165, 1.54) is 32.3 Å². The molecule has 1 aromatic carbocycles. The lowest BCUT2D eigenvalue weighted by Crippen LogP contribution is -2.39. The highest BCUT2D eigenvalue weighted by Crippen LogP contribution is 2.45. The molecule has 1 aromatic rings. The Balaban J connectivity index is 1.92. The number of amides is 1. The second-order valence-corrected chi connectivity index (χ2v) is 9.99. The second kappa shape index (κ2) is 14.9. The molecule has 3 rings (SSSR count). The van der Waals surface area contributed by atoms with Gasteiger partial charge in [-0.25, -0.2) is 4.79 Å². The number of cyclic esters (lactones) is 1. The molecule has 1 heterocycles. The number of esters is 1. The van der Waals surface area contributed by atoms with Crippen LogP contribution in [-0.4, -0.2) is 52.3 Å². The zero-order chi connectivity index (χ0) is 30.6. The molecule has 42 heavy (non-hydrogen) atoms. The van der Waals surface area contributed by atoms with Crippen LogP contribution < -0.4 is 5.32 Å². The number of benzene rings is 1. The van der Waals surface area contributed by atoms with Gasteiger partial charge >= 0.3 is 5.97 Å². The number of allylic oxidation sites excluding steroid dienone is 12. The van der Waals surface area contributed by atoms with Gasteiger partial charge in [0.1, 0.15) is 18.0 Å². The first-order valence-electron chi connectivity index (χ1n) is 13.4. The Bertz CT molecular complexity index is 1380. The average Bonchev–Trinajstić information content (AvgIpc) is 3.14. The Morgan fingerprint density at radius 3 is 2.05 bits per heavy atom. The number of carbonyl (C=O) groups excluding carboxylic acids is 2. The summed E-state index contributed by atoms with van der Waals surface area (Å²) in [4.78, 5) is 25.7. The molecule has 0 spiro atoms. The van der Waals surface area contributed by atoms with Crippen molar-refractivity contribution in [2.24, 2.45) is 5.41 Å². The van der Waals surface area contributed by atoms with E-state index in [-0.39, 0.29) is 17.5 Å². The quantitative estimate of drug-likeness (QED) is 0.377. The van der Waals surface area contributed by atoms with E-state index < -0.39 is 35.1 Å². The number of nitrogens with one attached hydrogen (secondary N) is 1. The molecule has 5 atom stereocenters. The highest BCUT2D eigenvalue weighted by molar-refractivity contribution is 5.93. The SMILES string of the molecule is COC1C(O)=C2C(=O)OC(C)(O)/C=C/C=C\C=C/C=C/C(c3ccccc3)NC(=O)/C=C/C=C/C=C/C=C/C2(C)C1O. The van der Waals surface area contributed by atoms with Crippen LogP contribution in [0, 0.1) is 5.41 Å². The fraction of sp³-hybridized carbons (Fsp3) is 0.235. The second-order valence-electron chi connectivity index (χ2n) is 9.99. The maximum absolute atomic E-state index is 13.2. The Hall–Kier alpha value is -4.50. The van der Waals surface area contributed by atoms with E-state index in [0.29, 0.717) is 0 Å². The molecule has 0 bridgehead atoms. The first kappa shape index (κ1) is 32.0. The third kappa shape index (κ3) is 8.50. The maximum Gasteiger partial charge on any atom is 0.341 e. The van der Waals surface area contributed by atoms with Gasteiger partial charge in [0, 0.05) is 20.1 Å². The van der Waals surface area contributed by atoms with E-state index in [9.17, 15) is 24.9 Å². The fourth-order valence-corrected chi connectivity index (χ4v) is 4.48. The molecule has 0 saturated heterocycles. The standard InChI is InChI=1S/C34H37NO7/c1-33-23-17-10-6-5-9-16-22-27(36)35-26(25-19-13-12-14-20-25)21-15-8-4-7-11-18-24-34(2,40)42-32(39)28(33)29(37)30(41-3)31(33)38/h4-24,26,30-31,37-38,40H,1-3H3,(H,35,36)/b8-4-,9-5+,10-6+,11-7-,21-15+,22-16+,23-17+,24-18+. The predicted octanol–water partition coefficient (Wildman–Crippen LogP) is 4.77. The molecular formula is C34H37NO7. The Labute approximate surface area is 246 Å². The van der Waals surface area contributed by atoms with Gasteiger partial charge in [0.25, 0.3) is 0 Å². The minimum absolute atomic E-state index is 0.224. The third-order valence-corrected chi connectivity index (χ3v) is 6.69. The van der Waals surface area contributed by atoms with Gasteiger partial charge in [-0.2, -0.15) is 0 Å². The summed E-state index contributed by atoms with van der Waals surface area (Å²) in [5.74, 6) is -3.74. The number of carbonyl (C=O) groups is 2. The number of hydrogen-bond donors (Lipinski definition) is 4. The molecule has 5 unspecified atom stereocenters. The maximum atomic E-state index is 13.2. The molecular weight excluding hydrogens is 534 g/mol. The molecule has 0 radical (unpaired) electrons. The molecule has 1 amide bonds. The fourth-order valence-electron chi connectivity index (χ4n) is 4.48. The van der Waals surface area contributed by atoms with Crippen molar-refractivity contribution in [2.45, 2.75) is 37.9 Å². The lowest BCUT2D eigenvalue weighted by molar-refractivity contribution is -0.181. The first-order valence-corrected chi connectivity index (χ1v) is 13.4. The summed E-state index contributed by atoms with van der Waals surface area (Å²) in [6.45, 7) is 2.84. The zero-order valence-corrected chi connectivity index (χ0v) is 23.8. The van der Waals surface area contributed by atoms with E-state index in [4.69, 9.17) is 9.47 Å². The van der Waals surface area contributed by atoms with Gasteiger partial charge in [0.05, 0.1) is 17.0 Å². The zero-order valence-electron chi connectivity index (χ0n) is 23.8. The molecule has 1 aliphatic carbocycles. The summed E-state index contributed by atoms with van der Waals surface area (Å²) in [6, 6.07) is 9.23. The Morgan fingerprint density at radius 2 is 1.40 bits per heavy atom. The molecule has 4 N–H and O–H groups in total. The van der Waals surface area contributed by atoms with Crippen LogP contribution in [0.1, 0.15) is 25.5 Å². The van der Waals surface area contributed by atoms with Crippen LogP contribution in [0.3, 0.4) is 0 Å². The van der Waals surface area contributed by atoms with E-state index in [0.717, 1.165) is 5.56 Å². The number of rotatable bonds is 2. The van der Waals surface area contributed by atoms with Gasteiger partial charge in [0.15, 0.2) is 0 Å². The lowest BCUT2D eigenvalue weighted by Gasteiger charge is -2.29. The van der Waals surface area contributed by atoms with Gasteiger partial charge in [-0.05, 0) is 18.6 Å². The van der Waals surface area contributed by atoms with Crippen LogP contribution in [0.2, 0.25) is 0 Å². The molecule has 0 fully saturated rings. The van der Waals surface area contributed by atoms with Crippen LogP contribution in [0.5, 0.6) is 0 Å². The van der Waals surface area contributed by atoms with Crippen molar-refractivity contribution in [2.75, 3.05) is 7.11 Å². The van der Waals surface area contributed by atoms with Crippen molar-refractivity contribution in [3.63, 3.8) is 0 Å². The number of methoxy groups -OCH3 is 1. The largest absolute Gasteiger partial charge is 0.509 e. The van der Waals surface area contributed by atoms with E-state index in [2.05, 4.69) is 5.32 Å². The smallest absolute Gasteiger partial charge is 0.341 e. The summed E-state index contributed by atoms with van der Waals surface area (Å²) in [5, 5.41) is 35.3. The number of hydrogen-bond acceptors (Lipinski definition) is 7. The first-order chi connectivity index (χ1) is 20.1. The van der Waals surface area contributed by atoms with E-state index in [1.54, 1.807) is 73.8 Å². The predicted molar refractivity (Wildman–Crippen MR) is 162 cm³/mol. The van der Waals surface area contributed by atoms with Gasteiger partial charge in [-0.1, -0.05) is 115 Å². The van der Waals surface area contributed by atoms with Crippen molar-refractivity contribution in [1.82, 2.24) is 5.32 Å². The molecule has 220 valence electrons. The summed E-state index contributed by atoms with van der Waals surface area (Å²) in [6.07, 6.45) is 23.8. The molecule has 8 nitrogen and oxygen atoms in total. The van der Waals surface area contributed by atoms with Gasteiger partial charge in [-0.15, -0.1) is 0 Å². The van der Waals surface area contributed by atoms with E-state index in [1.807, 2.05) is 42.5 Å². The van der Waals surface area contributed by atoms with Crippen LogP contribution in [0.4, 0.5) is 0 Å². The number of aliphatic hydroxyl groups excluding tert-OH is 2. The van der Waals surface area contributed by atoms with Crippen molar-refractivity contribution >= 4 is 11.9 Å². The Morgan fingerprint density at radius 1 is 0.833 bits per heavy atom. The van der Waals surface area contributed by atoms with Gasteiger partial charge < -0.3 is 30.1 Å². The number of fused-ring (bicyclic) bond motifs is 1. The minimum atomic E-state index is -2.01. The number of aliphatic hydroxyl groups is 3. The van der Waals surface area contributed by atoms with Crippen molar-refractivity contribution < 1.29 is 34.4 Å². The van der Waals surface area contributed by atoms with Crippen LogP contribution in [0.25, 0.3) is 0 Å². The van der Waals surface area contributed by atoms with Crippen molar-refractivity contribution in [1.29, 1.82) is 0 Å². The van der Waals surface area contributed by atoms with Gasteiger partial charge in [-0.3, -0.25) is 4.79 Å². The van der Waals surface area contributed by atoms with Crippen LogP contribution in [-0.2, 0) is 19.1 Å². The lowest BCUT2D eigenvalue weighted by atomic mass is 9.80. The van der Waals surface area contributed by atoms with Crippen molar-refractivity contribution in [3.8, 4) is 0 Å². The Kier molecular flexibility index (Phi) is 11.4. The number of ether oxygens (including phenoxy) is 2. The summed E-state index contributed by atoms with van der Waals surface area (Å²) in [7, 11) is 1.30. The molecule has 0 aromatic heterocycles. The molecule has 2 aliphatic rings. The van der Waals surface area contributed by atoms with Gasteiger partial charge in [0.2, 0.25) is 11.7 Å². The van der Waals surface area contributed by atoms with Crippen molar-refractivity contribution in [3.05, 3.63) is 144 Å². The third-order valence-electron chi connectivity index (χ3n) is 6.69. The minimum Gasteiger partial charge on any atom is -0.509 e. The average molecular weight is 572 g/mol. The molecule has 1 aliphatic heterocycles. The highest BCUT2D eigenvalue weighted by Gasteiger charge is 2.53. The highest BCUT2D eigenvalue weighted by atomic mass is 16.7. The summed E-state index contributed by atoms with van der Waals surface area (Å²) in [5.41, 5.74) is -0.678.